The van der Waals surface area contributed by atoms with Crippen LogP contribution in [0.2, 0.25) is 0 Å². The summed E-state index contributed by atoms with van der Waals surface area (Å²) >= 11 is 4.08. The topological polar surface area (TPSA) is 171 Å². The molecule has 2 amide bonds. The SMILES string of the molecule is CNC(CCC(=O)NC(CS)CC(=O)NC(CCCN)C(=O)O)C(=O)O. The van der Waals surface area contributed by atoms with E-state index in [1.54, 1.807) is 0 Å². The first-order chi connectivity index (χ1) is 12.2. The van der Waals surface area contributed by atoms with Gasteiger partial charge >= 0.3 is 11.9 Å². The van der Waals surface area contributed by atoms with Gasteiger partial charge in [-0.2, -0.15) is 12.6 Å². The lowest BCUT2D eigenvalue weighted by Crippen LogP contribution is -2.45. The van der Waals surface area contributed by atoms with Crippen molar-refractivity contribution in [3.05, 3.63) is 0 Å². The summed E-state index contributed by atoms with van der Waals surface area (Å²) < 4.78 is 0. The number of nitrogens with two attached hydrogens (primary N) is 1. The number of hydrogen-bond acceptors (Lipinski definition) is 7. The second-order valence-corrected chi connectivity index (χ2v) is 6.12. The number of thiol groups is 1. The number of likely N-dealkylation sites (N-methyl/N-ethyl adjacent to an activating group) is 1. The van der Waals surface area contributed by atoms with Crippen molar-refractivity contribution in [1.82, 2.24) is 16.0 Å². The Morgan fingerprint density at radius 2 is 1.62 bits per heavy atom. The summed E-state index contributed by atoms with van der Waals surface area (Å²) in [7, 11) is 1.49. The number of carboxylic acid groups (broad SMARTS) is 2. The molecule has 0 bridgehead atoms. The summed E-state index contributed by atoms with van der Waals surface area (Å²) in [6, 6.07) is -2.46. The molecule has 11 heteroatoms. The second-order valence-electron chi connectivity index (χ2n) is 5.76. The van der Waals surface area contributed by atoms with Gasteiger partial charge in [0.25, 0.3) is 0 Å². The Bertz CT molecular complexity index is 491. The first-order valence-corrected chi connectivity index (χ1v) is 8.90. The van der Waals surface area contributed by atoms with Gasteiger partial charge in [-0.1, -0.05) is 0 Å². The number of carbonyl (C=O) groups excluding carboxylic acids is 2. The van der Waals surface area contributed by atoms with Crippen LogP contribution < -0.4 is 21.7 Å². The van der Waals surface area contributed by atoms with Crippen LogP contribution in [0.15, 0.2) is 0 Å². The van der Waals surface area contributed by atoms with Gasteiger partial charge < -0.3 is 31.9 Å². The number of carbonyl (C=O) groups is 4. The molecule has 0 radical (unpaired) electrons. The van der Waals surface area contributed by atoms with E-state index in [2.05, 4.69) is 28.6 Å². The number of aliphatic carboxylic acids is 2. The van der Waals surface area contributed by atoms with Crippen LogP contribution in [0.1, 0.15) is 32.1 Å². The highest BCUT2D eigenvalue weighted by molar-refractivity contribution is 7.80. The van der Waals surface area contributed by atoms with E-state index >= 15 is 0 Å². The van der Waals surface area contributed by atoms with Gasteiger partial charge in [0.2, 0.25) is 11.8 Å². The van der Waals surface area contributed by atoms with Gasteiger partial charge in [-0.3, -0.25) is 14.4 Å². The lowest BCUT2D eigenvalue weighted by molar-refractivity contribution is -0.142. The van der Waals surface area contributed by atoms with Crippen LogP contribution in [0.5, 0.6) is 0 Å². The molecule has 0 heterocycles. The zero-order valence-electron chi connectivity index (χ0n) is 14.7. The van der Waals surface area contributed by atoms with Gasteiger partial charge in [0.05, 0.1) is 0 Å². The summed E-state index contributed by atoms with van der Waals surface area (Å²) in [5, 5.41) is 25.6. The first-order valence-electron chi connectivity index (χ1n) is 8.27. The molecule has 0 aromatic heterocycles. The number of nitrogens with one attached hydrogen (secondary N) is 3. The van der Waals surface area contributed by atoms with Gasteiger partial charge in [-0.05, 0) is 32.9 Å². The molecule has 0 rings (SSSR count). The highest BCUT2D eigenvalue weighted by atomic mass is 32.1. The molecule has 0 spiro atoms. The van der Waals surface area contributed by atoms with Gasteiger partial charge in [0.15, 0.2) is 0 Å². The first kappa shape index (κ1) is 24.1. The lowest BCUT2D eigenvalue weighted by atomic mass is 10.1. The molecule has 0 saturated heterocycles. The molecule has 0 saturated carbocycles. The third-order valence-electron chi connectivity index (χ3n) is 3.65. The highest BCUT2D eigenvalue weighted by Crippen LogP contribution is 2.03. The van der Waals surface area contributed by atoms with Crippen molar-refractivity contribution in [2.75, 3.05) is 19.3 Å². The number of carboxylic acids is 2. The molecule has 26 heavy (non-hydrogen) atoms. The molecule has 7 N–H and O–H groups in total. The summed E-state index contributed by atoms with van der Waals surface area (Å²) in [6.07, 6.45) is 0.619. The summed E-state index contributed by atoms with van der Waals surface area (Å²) in [4.78, 5) is 45.9. The van der Waals surface area contributed by atoms with Crippen molar-refractivity contribution in [2.45, 2.75) is 50.2 Å². The van der Waals surface area contributed by atoms with Crippen molar-refractivity contribution in [3.8, 4) is 0 Å². The van der Waals surface area contributed by atoms with Crippen molar-refractivity contribution in [2.24, 2.45) is 5.73 Å². The zero-order chi connectivity index (χ0) is 20.1. The minimum Gasteiger partial charge on any atom is -0.480 e. The Balaban J connectivity index is 4.46. The minimum absolute atomic E-state index is 0.0298. The Morgan fingerprint density at radius 1 is 1.00 bits per heavy atom. The Kier molecular flexibility index (Phi) is 12.4. The van der Waals surface area contributed by atoms with E-state index in [0.717, 1.165) is 0 Å². The smallest absolute Gasteiger partial charge is 0.326 e. The van der Waals surface area contributed by atoms with Crippen LogP contribution in [0.3, 0.4) is 0 Å². The molecule has 0 aliphatic carbocycles. The van der Waals surface area contributed by atoms with Crippen LogP contribution in [0.25, 0.3) is 0 Å². The molecule has 0 aliphatic heterocycles. The van der Waals surface area contributed by atoms with Crippen molar-refractivity contribution in [1.29, 1.82) is 0 Å². The van der Waals surface area contributed by atoms with Crippen LogP contribution in [0, 0.1) is 0 Å². The molecule has 0 aliphatic rings. The second kappa shape index (κ2) is 13.4. The fourth-order valence-electron chi connectivity index (χ4n) is 2.18. The maximum Gasteiger partial charge on any atom is 0.326 e. The molecule has 10 nitrogen and oxygen atoms in total. The molecule has 3 unspecified atom stereocenters. The monoisotopic (exact) mass is 392 g/mol. The number of rotatable bonds is 14. The van der Waals surface area contributed by atoms with Crippen LogP contribution in [-0.2, 0) is 19.2 Å². The molecule has 0 fully saturated rings. The normalized spacial score (nSPS) is 14.1. The van der Waals surface area contributed by atoms with Crippen LogP contribution in [0.4, 0.5) is 0 Å². The summed E-state index contributed by atoms with van der Waals surface area (Å²) in [6.45, 7) is 0.318. The van der Waals surface area contributed by atoms with E-state index < -0.39 is 41.9 Å². The van der Waals surface area contributed by atoms with E-state index in [-0.39, 0.29) is 31.4 Å². The van der Waals surface area contributed by atoms with Crippen LogP contribution in [-0.4, -0.2) is 71.4 Å². The molecular formula is C15H28N4O6S. The Hall–Kier alpha value is -1.85. The lowest BCUT2D eigenvalue weighted by Gasteiger charge is -2.19. The van der Waals surface area contributed by atoms with Gasteiger partial charge in [-0.15, -0.1) is 0 Å². The number of amides is 2. The predicted octanol–water partition coefficient (Wildman–Crippen LogP) is -1.45. The maximum absolute atomic E-state index is 12.0. The summed E-state index contributed by atoms with van der Waals surface area (Å²) in [5.41, 5.74) is 5.34. The fourth-order valence-corrected chi connectivity index (χ4v) is 2.40. The van der Waals surface area contributed by atoms with Gasteiger partial charge in [-0.25, -0.2) is 4.79 Å². The van der Waals surface area contributed by atoms with Crippen molar-refractivity contribution < 1.29 is 29.4 Å². The van der Waals surface area contributed by atoms with Gasteiger partial charge in [0.1, 0.15) is 12.1 Å². The Labute approximate surface area is 157 Å². The standard InChI is InChI=1S/C15H28N4O6S/c1-17-10(14(22)23)4-5-12(20)18-9(8-26)7-13(21)19-11(15(24)25)3-2-6-16/h9-11,17,26H,2-8,16H2,1H3,(H,18,20)(H,19,21)(H,22,23)(H,24,25). The third kappa shape index (κ3) is 10.2. The Morgan fingerprint density at radius 3 is 2.08 bits per heavy atom. The van der Waals surface area contributed by atoms with Crippen molar-refractivity contribution >= 4 is 36.4 Å². The highest BCUT2D eigenvalue weighted by Gasteiger charge is 2.22. The molecular weight excluding hydrogens is 364 g/mol. The van der Waals surface area contributed by atoms with Crippen molar-refractivity contribution in [3.63, 3.8) is 0 Å². The average molecular weight is 392 g/mol. The third-order valence-corrected chi connectivity index (χ3v) is 4.09. The minimum atomic E-state index is -1.15. The van der Waals surface area contributed by atoms with E-state index in [1.165, 1.54) is 7.05 Å². The fraction of sp³-hybridized carbons (Fsp3) is 0.733. The molecule has 0 aromatic rings. The van der Waals surface area contributed by atoms with E-state index in [4.69, 9.17) is 15.9 Å². The van der Waals surface area contributed by atoms with Crippen LogP contribution >= 0.6 is 12.6 Å². The largest absolute Gasteiger partial charge is 0.480 e. The maximum atomic E-state index is 12.0. The van der Waals surface area contributed by atoms with E-state index in [9.17, 15) is 19.2 Å². The summed E-state index contributed by atoms with van der Waals surface area (Å²) in [5.74, 6) is -2.95. The molecule has 150 valence electrons. The quantitative estimate of drug-likeness (QED) is 0.176. The van der Waals surface area contributed by atoms with E-state index in [1.807, 2.05) is 0 Å². The average Bonchev–Trinajstić information content (AvgIpc) is 2.57. The zero-order valence-corrected chi connectivity index (χ0v) is 15.6. The molecule has 3 atom stereocenters. The molecule has 0 aromatic carbocycles. The van der Waals surface area contributed by atoms with Gasteiger partial charge in [0, 0.05) is 24.6 Å². The predicted molar refractivity (Wildman–Crippen MR) is 98.0 cm³/mol. The van der Waals surface area contributed by atoms with E-state index in [0.29, 0.717) is 13.0 Å². The number of hydrogen-bond donors (Lipinski definition) is 7.